The van der Waals surface area contributed by atoms with Crippen molar-refractivity contribution < 1.29 is 13.2 Å². The number of rotatable bonds is 3. The van der Waals surface area contributed by atoms with Crippen molar-refractivity contribution in [1.82, 2.24) is 0 Å². The van der Waals surface area contributed by atoms with E-state index in [4.69, 9.17) is 0 Å². The SMILES string of the molecule is CC(C)C1=CC(=O)C(C)(Br)C(Br)/C1=N/S(=O)(=O)c1ccccc1. The van der Waals surface area contributed by atoms with Gasteiger partial charge in [-0.1, -0.05) is 63.9 Å². The molecule has 0 amide bonds. The van der Waals surface area contributed by atoms with Gasteiger partial charge < -0.3 is 0 Å². The molecule has 4 nitrogen and oxygen atoms in total. The normalized spacial score (nSPS) is 27.4. The summed E-state index contributed by atoms with van der Waals surface area (Å²) in [5.74, 6) is -0.133. The Morgan fingerprint density at radius 2 is 1.78 bits per heavy atom. The van der Waals surface area contributed by atoms with Crippen molar-refractivity contribution in [3.63, 3.8) is 0 Å². The molecule has 1 aliphatic carbocycles. The Labute approximate surface area is 153 Å². The third-order valence-corrected chi connectivity index (χ3v) is 7.78. The molecule has 2 unspecified atom stereocenters. The van der Waals surface area contributed by atoms with Gasteiger partial charge in [0.25, 0.3) is 10.0 Å². The van der Waals surface area contributed by atoms with Gasteiger partial charge in [0.05, 0.1) is 15.4 Å². The van der Waals surface area contributed by atoms with Gasteiger partial charge in [0, 0.05) is 0 Å². The van der Waals surface area contributed by atoms with E-state index in [2.05, 4.69) is 36.3 Å². The van der Waals surface area contributed by atoms with Crippen molar-refractivity contribution in [2.24, 2.45) is 10.3 Å². The lowest BCUT2D eigenvalue weighted by atomic mass is 9.83. The number of ketones is 1. The number of nitrogens with zero attached hydrogens (tertiary/aromatic N) is 1. The van der Waals surface area contributed by atoms with Crippen molar-refractivity contribution in [3.8, 4) is 0 Å². The molecular weight excluding hydrogens is 446 g/mol. The second-order valence-corrected chi connectivity index (χ2v) is 9.99. The van der Waals surface area contributed by atoms with Crippen LogP contribution in [-0.2, 0) is 14.8 Å². The summed E-state index contributed by atoms with van der Waals surface area (Å²) in [6.07, 6.45) is 1.48. The summed E-state index contributed by atoms with van der Waals surface area (Å²) in [6.45, 7) is 5.51. The molecule has 0 aromatic heterocycles. The lowest BCUT2D eigenvalue weighted by molar-refractivity contribution is -0.116. The van der Waals surface area contributed by atoms with Crippen LogP contribution >= 0.6 is 31.9 Å². The maximum atomic E-state index is 12.6. The third-order valence-electron chi connectivity index (χ3n) is 3.66. The summed E-state index contributed by atoms with van der Waals surface area (Å²) in [5.41, 5.74) is 0.996. The molecule has 0 bridgehead atoms. The number of carbonyl (C=O) groups excluding carboxylic acids is 1. The minimum atomic E-state index is -3.84. The molecule has 2 atom stereocenters. The van der Waals surface area contributed by atoms with E-state index >= 15 is 0 Å². The highest BCUT2D eigenvalue weighted by atomic mass is 79.9. The van der Waals surface area contributed by atoms with Crippen LogP contribution in [0.3, 0.4) is 0 Å². The van der Waals surface area contributed by atoms with Crippen LogP contribution in [0.1, 0.15) is 20.8 Å². The van der Waals surface area contributed by atoms with Crippen LogP contribution in [-0.4, -0.2) is 29.1 Å². The molecule has 7 heteroatoms. The fourth-order valence-electron chi connectivity index (χ4n) is 2.22. The molecule has 23 heavy (non-hydrogen) atoms. The maximum absolute atomic E-state index is 12.6. The Hall–Kier alpha value is -0.790. The first kappa shape index (κ1) is 18.5. The lowest BCUT2D eigenvalue weighted by Gasteiger charge is -2.33. The van der Waals surface area contributed by atoms with Gasteiger partial charge in [0.15, 0.2) is 5.78 Å². The molecule has 0 aliphatic heterocycles. The van der Waals surface area contributed by atoms with Crippen molar-refractivity contribution in [2.75, 3.05) is 0 Å². The van der Waals surface area contributed by atoms with Crippen LogP contribution in [0, 0.1) is 5.92 Å². The predicted molar refractivity (Wildman–Crippen MR) is 99.0 cm³/mol. The van der Waals surface area contributed by atoms with Gasteiger partial charge in [-0.15, -0.1) is 0 Å². The van der Waals surface area contributed by atoms with E-state index in [1.807, 2.05) is 13.8 Å². The summed E-state index contributed by atoms with van der Waals surface area (Å²) in [4.78, 5) is 11.9. The number of allylic oxidation sites excluding steroid dienone is 2. The first-order chi connectivity index (χ1) is 10.6. The van der Waals surface area contributed by atoms with E-state index in [9.17, 15) is 13.2 Å². The third kappa shape index (κ3) is 3.67. The van der Waals surface area contributed by atoms with E-state index < -0.39 is 19.2 Å². The molecule has 124 valence electrons. The predicted octanol–water partition coefficient (Wildman–Crippen LogP) is 3.90. The minimum absolute atomic E-state index is 0.0210. The first-order valence-corrected chi connectivity index (χ1v) is 10.2. The van der Waals surface area contributed by atoms with Crippen LogP contribution in [0.4, 0.5) is 0 Å². The summed E-state index contributed by atoms with van der Waals surface area (Å²) < 4.78 is 28.3. The number of hydrogen-bond donors (Lipinski definition) is 0. The van der Waals surface area contributed by atoms with Gasteiger partial charge in [0.2, 0.25) is 0 Å². The zero-order chi connectivity index (χ0) is 17.4. The van der Waals surface area contributed by atoms with Gasteiger partial charge in [0.1, 0.15) is 4.32 Å². The van der Waals surface area contributed by atoms with Gasteiger partial charge in [-0.3, -0.25) is 4.79 Å². The van der Waals surface area contributed by atoms with Crippen LogP contribution in [0.15, 0.2) is 51.3 Å². The molecular formula is C16H17Br2NO3S. The standard InChI is InChI=1S/C16H17Br2NO3S/c1-10(2)12-9-13(20)16(3,18)15(17)14(12)19-23(21,22)11-7-5-4-6-8-11/h4-10,15H,1-3H3/b19-14+. The van der Waals surface area contributed by atoms with Gasteiger partial charge in [-0.05, 0) is 36.6 Å². The fourth-order valence-corrected chi connectivity index (χ4v) is 4.36. The Balaban J connectivity index is 2.63. The van der Waals surface area contributed by atoms with Crippen LogP contribution in [0.5, 0.6) is 0 Å². The van der Waals surface area contributed by atoms with E-state index in [0.29, 0.717) is 11.3 Å². The van der Waals surface area contributed by atoms with Crippen LogP contribution in [0.2, 0.25) is 0 Å². The molecule has 0 radical (unpaired) electrons. The highest BCUT2D eigenvalue weighted by Gasteiger charge is 2.45. The molecule has 2 rings (SSSR count). The Kier molecular flexibility index (Phi) is 5.33. The van der Waals surface area contributed by atoms with E-state index in [0.717, 1.165) is 0 Å². The summed E-state index contributed by atoms with van der Waals surface area (Å²) in [5, 5.41) is 0. The monoisotopic (exact) mass is 461 g/mol. The number of hydrogen-bond acceptors (Lipinski definition) is 3. The summed E-state index contributed by atoms with van der Waals surface area (Å²) in [6, 6.07) is 8.05. The van der Waals surface area contributed by atoms with Gasteiger partial charge in [-0.25, -0.2) is 0 Å². The average Bonchev–Trinajstić information content (AvgIpc) is 2.49. The molecule has 0 spiro atoms. The molecule has 0 N–H and O–H groups in total. The molecule has 1 aromatic rings. The number of alkyl halides is 2. The largest absolute Gasteiger partial charge is 0.293 e. The van der Waals surface area contributed by atoms with Crippen molar-refractivity contribution in [2.45, 2.75) is 34.8 Å². The Bertz CT molecular complexity index is 781. The lowest BCUT2D eigenvalue weighted by Crippen LogP contribution is -2.46. The molecule has 0 saturated heterocycles. The highest BCUT2D eigenvalue weighted by Crippen LogP contribution is 2.38. The summed E-state index contributed by atoms with van der Waals surface area (Å²) in [7, 11) is -3.84. The zero-order valence-corrected chi connectivity index (χ0v) is 16.9. The molecule has 0 heterocycles. The molecule has 0 fully saturated rings. The minimum Gasteiger partial charge on any atom is -0.293 e. The topological polar surface area (TPSA) is 63.6 Å². The Morgan fingerprint density at radius 1 is 1.22 bits per heavy atom. The number of sulfonamides is 1. The quantitative estimate of drug-likeness (QED) is 0.640. The van der Waals surface area contributed by atoms with E-state index in [-0.39, 0.29) is 16.6 Å². The van der Waals surface area contributed by atoms with Crippen LogP contribution in [0.25, 0.3) is 0 Å². The molecule has 0 saturated carbocycles. The first-order valence-electron chi connectivity index (χ1n) is 7.06. The number of carbonyl (C=O) groups is 1. The van der Waals surface area contributed by atoms with Gasteiger partial charge in [-0.2, -0.15) is 12.8 Å². The molecule has 1 aromatic carbocycles. The second-order valence-electron chi connectivity index (χ2n) is 5.82. The van der Waals surface area contributed by atoms with E-state index in [1.165, 1.54) is 18.2 Å². The van der Waals surface area contributed by atoms with Crippen LogP contribution < -0.4 is 0 Å². The van der Waals surface area contributed by atoms with Gasteiger partial charge >= 0.3 is 0 Å². The smallest absolute Gasteiger partial charge is 0.282 e. The Morgan fingerprint density at radius 3 is 2.30 bits per heavy atom. The van der Waals surface area contributed by atoms with Crippen molar-refractivity contribution in [3.05, 3.63) is 42.0 Å². The highest BCUT2D eigenvalue weighted by molar-refractivity contribution is 9.13. The zero-order valence-electron chi connectivity index (χ0n) is 13.0. The number of halogens is 2. The van der Waals surface area contributed by atoms with Crippen molar-refractivity contribution in [1.29, 1.82) is 0 Å². The fraction of sp³-hybridized carbons (Fsp3) is 0.375. The second kappa shape index (κ2) is 6.61. The summed E-state index contributed by atoms with van der Waals surface area (Å²) >= 11 is 6.83. The van der Waals surface area contributed by atoms with E-state index in [1.54, 1.807) is 25.1 Å². The average molecular weight is 463 g/mol. The van der Waals surface area contributed by atoms with Crippen molar-refractivity contribution >= 4 is 53.4 Å². The number of benzene rings is 1. The maximum Gasteiger partial charge on any atom is 0.282 e. The molecule has 1 aliphatic rings.